The van der Waals surface area contributed by atoms with Crippen molar-refractivity contribution in [3.8, 4) is 0 Å². The molecule has 0 aliphatic heterocycles. The maximum absolute atomic E-state index is 12.3. The fourth-order valence-electron chi connectivity index (χ4n) is 8.10. The van der Waals surface area contributed by atoms with Crippen LogP contribution in [0.1, 0.15) is 82.3 Å². The van der Waals surface area contributed by atoms with Crippen LogP contribution in [-0.2, 0) is 23.9 Å². The number of oxime groups is 1. The lowest BCUT2D eigenvalue weighted by Gasteiger charge is -2.62. The molecule has 0 bridgehead atoms. The first-order chi connectivity index (χ1) is 17.8. The van der Waals surface area contributed by atoms with Crippen molar-refractivity contribution < 1.29 is 23.9 Å². The summed E-state index contributed by atoms with van der Waals surface area (Å²) in [6, 6.07) is 8.46. The smallest absolute Gasteiger partial charge is 0.331 e. The Kier molecular flexibility index (Phi) is 7.25. The second kappa shape index (κ2) is 10.3. The van der Waals surface area contributed by atoms with E-state index in [1.165, 1.54) is 30.1 Å². The molecular weight excluding hydrogens is 466 g/mol. The van der Waals surface area contributed by atoms with Crippen molar-refractivity contribution >= 4 is 18.0 Å². The van der Waals surface area contributed by atoms with E-state index < -0.39 is 5.97 Å². The van der Waals surface area contributed by atoms with Crippen LogP contribution in [0.15, 0.2) is 52.2 Å². The van der Waals surface area contributed by atoms with E-state index >= 15 is 0 Å². The lowest BCUT2D eigenvalue weighted by molar-refractivity contribution is -0.203. The summed E-state index contributed by atoms with van der Waals surface area (Å²) >= 11 is 0. The van der Waals surface area contributed by atoms with Gasteiger partial charge in [-0.25, -0.2) is 4.79 Å². The van der Waals surface area contributed by atoms with Crippen LogP contribution >= 0.6 is 0 Å². The number of nitrogens with zero attached hydrogens (tertiary/aromatic N) is 1. The summed E-state index contributed by atoms with van der Waals surface area (Å²) < 4.78 is 12.2. The van der Waals surface area contributed by atoms with Crippen LogP contribution in [0.5, 0.6) is 0 Å². The molecule has 6 nitrogen and oxygen atoms in total. The number of ketones is 1. The molecule has 2 saturated carbocycles. The third-order valence-corrected chi connectivity index (χ3v) is 9.75. The Morgan fingerprint density at radius 1 is 1.14 bits per heavy atom. The van der Waals surface area contributed by atoms with E-state index in [0.717, 1.165) is 44.1 Å². The van der Waals surface area contributed by atoms with Crippen LogP contribution in [0, 0.1) is 17.3 Å². The Labute approximate surface area is 220 Å². The second-order valence-corrected chi connectivity index (χ2v) is 11.5. The molecule has 1 aromatic carbocycles. The zero-order valence-corrected chi connectivity index (χ0v) is 22.5. The normalized spacial score (nSPS) is 33.5. The molecule has 1 aromatic rings. The van der Waals surface area contributed by atoms with E-state index in [4.69, 9.17) is 14.3 Å². The summed E-state index contributed by atoms with van der Waals surface area (Å²) in [5.74, 6) is 1.10. The summed E-state index contributed by atoms with van der Waals surface area (Å²) in [4.78, 5) is 28.1. The SMILES string of the molecule is COC[C@]1(OC)CCCC2C3CCC4=CC(=O)CCC4=C3[C@@H](c3ccc(/C=N/OC(C)=O)cc3)C[C@@]21C. The number of allylic oxidation sites excluding steroid dienone is 4. The Balaban J connectivity index is 1.60. The summed E-state index contributed by atoms with van der Waals surface area (Å²) in [7, 11) is 3.65. The van der Waals surface area contributed by atoms with Gasteiger partial charge in [-0.1, -0.05) is 48.3 Å². The third-order valence-electron chi connectivity index (χ3n) is 9.75. The minimum Gasteiger partial charge on any atom is -0.382 e. The molecule has 0 saturated heterocycles. The van der Waals surface area contributed by atoms with Gasteiger partial charge in [0.05, 0.1) is 18.4 Å². The molecule has 4 aliphatic carbocycles. The fourth-order valence-corrected chi connectivity index (χ4v) is 8.10. The Bertz CT molecular complexity index is 1140. The number of rotatable bonds is 6. The number of carbonyl (C=O) groups is 2. The molecule has 0 heterocycles. The van der Waals surface area contributed by atoms with Gasteiger partial charge in [0.1, 0.15) is 0 Å². The monoisotopic (exact) mass is 505 g/mol. The first kappa shape index (κ1) is 26.1. The van der Waals surface area contributed by atoms with Gasteiger partial charge in [-0.3, -0.25) is 4.79 Å². The molecule has 0 radical (unpaired) electrons. The highest BCUT2D eigenvalue weighted by atomic mass is 16.7. The standard InChI is InChI=1S/C31H39NO5/c1-20(33)37-32-18-21-7-9-22(10-8-21)27-17-30(2)28(6-5-15-31(30,36-4)19-35-3)26-13-11-23-16-24(34)12-14-25(23)29(26)27/h7-10,16,18,26-28H,5-6,11-15,17,19H2,1-4H3/b32-18+/t26?,27-,28?,30+,31-/m1/s1. The molecule has 2 fully saturated rings. The van der Waals surface area contributed by atoms with Gasteiger partial charge in [0.15, 0.2) is 5.78 Å². The molecule has 0 N–H and O–H groups in total. The average molecular weight is 506 g/mol. The largest absolute Gasteiger partial charge is 0.382 e. The highest BCUT2D eigenvalue weighted by Crippen LogP contribution is 2.66. The molecule has 5 atom stereocenters. The van der Waals surface area contributed by atoms with Crippen LogP contribution < -0.4 is 0 Å². The zero-order chi connectivity index (χ0) is 26.2. The van der Waals surface area contributed by atoms with E-state index in [2.05, 4.69) is 24.2 Å². The van der Waals surface area contributed by atoms with Crippen molar-refractivity contribution in [3.63, 3.8) is 0 Å². The minimum absolute atomic E-state index is 0.0312. The van der Waals surface area contributed by atoms with Gasteiger partial charge in [-0.15, -0.1) is 0 Å². The summed E-state index contributed by atoms with van der Waals surface area (Å²) in [5, 5.41) is 3.77. The predicted octanol–water partition coefficient (Wildman–Crippen LogP) is 5.90. The van der Waals surface area contributed by atoms with Gasteiger partial charge < -0.3 is 14.3 Å². The van der Waals surface area contributed by atoms with Crippen LogP contribution in [0.2, 0.25) is 0 Å². The molecule has 4 aliphatic rings. The summed E-state index contributed by atoms with van der Waals surface area (Å²) in [5.41, 5.74) is 6.11. The lowest BCUT2D eigenvalue weighted by Crippen LogP contribution is -2.61. The van der Waals surface area contributed by atoms with Gasteiger partial charge in [0.2, 0.25) is 0 Å². The van der Waals surface area contributed by atoms with Gasteiger partial charge in [-0.05, 0) is 78.7 Å². The van der Waals surface area contributed by atoms with Crippen LogP contribution in [-0.4, -0.2) is 44.4 Å². The number of ether oxygens (including phenoxy) is 2. The molecule has 198 valence electrons. The quantitative estimate of drug-likeness (QED) is 0.273. The Morgan fingerprint density at radius 2 is 1.92 bits per heavy atom. The van der Waals surface area contributed by atoms with Crippen molar-refractivity contribution in [1.29, 1.82) is 0 Å². The van der Waals surface area contributed by atoms with Gasteiger partial charge in [-0.2, -0.15) is 0 Å². The van der Waals surface area contributed by atoms with Gasteiger partial charge >= 0.3 is 5.97 Å². The van der Waals surface area contributed by atoms with Crippen molar-refractivity contribution in [2.24, 2.45) is 22.4 Å². The first-order valence-electron chi connectivity index (χ1n) is 13.6. The first-order valence-corrected chi connectivity index (χ1v) is 13.6. The summed E-state index contributed by atoms with van der Waals surface area (Å²) in [6.07, 6.45) is 11.4. The van der Waals surface area contributed by atoms with Crippen molar-refractivity contribution in [2.75, 3.05) is 20.8 Å². The van der Waals surface area contributed by atoms with Crippen molar-refractivity contribution in [2.45, 2.75) is 76.7 Å². The number of fused-ring (bicyclic) bond motifs is 4. The van der Waals surface area contributed by atoms with Crippen LogP contribution in [0.25, 0.3) is 0 Å². The van der Waals surface area contributed by atoms with E-state index in [1.54, 1.807) is 18.9 Å². The molecule has 0 amide bonds. The Morgan fingerprint density at radius 3 is 2.62 bits per heavy atom. The maximum atomic E-state index is 12.3. The maximum Gasteiger partial charge on any atom is 0.331 e. The highest BCUT2D eigenvalue weighted by Gasteiger charge is 2.61. The second-order valence-electron chi connectivity index (χ2n) is 11.5. The van der Waals surface area contributed by atoms with Gasteiger partial charge in [0, 0.05) is 38.9 Å². The van der Waals surface area contributed by atoms with Crippen molar-refractivity contribution in [3.05, 3.63) is 58.2 Å². The zero-order valence-electron chi connectivity index (χ0n) is 22.5. The number of hydrogen-bond donors (Lipinski definition) is 0. The van der Waals surface area contributed by atoms with E-state index in [0.29, 0.717) is 24.9 Å². The van der Waals surface area contributed by atoms with Crippen LogP contribution in [0.3, 0.4) is 0 Å². The topological polar surface area (TPSA) is 74.2 Å². The molecule has 6 heteroatoms. The number of hydrogen-bond acceptors (Lipinski definition) is 6. The molecular formula is C31H39NO5. The third kappa shape index (κ3) is 4.52. The lowest BCUT2D eigenvalue weighted by atomic mass is 9.45. The van der Waals surface area contributed by atoms with Crippen LogP contribution in [0.4, 0.5) is 0 Å². The van der Waals surface area contributed by atoms with E-state index in [1.807, 2.05) is 25.3 Å². The minimum atomic E-state index is -0.436. The van der Waals surface area contributed by atoms with Crippen molar-refractivity contribution in [1.82, 2.24) is 0 Å². The highest BCUT2D eigenvalue weighted by molar-refractivity contribution is 5.93. The molecule has 37 heavy (non-hydrogen) atoms. The van der Waals surface area contributed by atoms with Gasteiger partial charge in [0.25, 0.3) is 0 Å². The van der Waals surface area contributed by atoms with E-state index in [-0.39, 0.29) is 22.7 Å². The van der Waals surface area contributed by atoms with E-state index in [9.17, 15) is 9.59 Å². The number of benzene rings is 1. The predicted molar refractivity (Wildman–Crippen MR) is 142 cm³/mol. The fraction of sp³-hybridized carbons (Fsp3) is 0.581. The number of carbonyl (C=O) groups excluding carboxylic acids is 2. The Hall–Kier alpha value is -2.57. The molecule has 0 spiro atoms. The number of methoxy groups -OCH3 is 2. The summed E-state index contributed by atoms with van der Waals surface area (Å²) in [6.45, 7) is 4.39. The molecule has 5 rings (SSSR count). The molecule has 2 unspecified atom stereocenters. The average Bonchev–Trinajstić information content (AvgIpc) is 2.88. The molecule has 0 aromatic heterocycles.